The number of hydrogen-bond acceptors (Lipinski definition) is 5. The number of carbonyl (C=O) groups excluding carboxylic acids is 2. The standard InChI is InChI=1S/C24H26Cl3N3O5/c25-15-4-1-3-14(11-15)20(31)7-6-13-9-16(26)21(17(27)10-13)23(33)30-19(24(34)35)12-29-22(32)18-5-2-8-28-18/h1,3-4,9-11,18-20,28,31H,2,5-8,12H2,(H,29,32)(H,30,33)(H,34,35). The van der Waals surface area contributed by atoms with Gasteiger partial charge in [0, 0.05) is 11.6 Å². The number of carboxylic acid groups (broad SMARTS) is 1. The molecule has 1 saturated heterocycles. The van der Waals surface area contributed by atoms with Gasteiger partial charge in [-0.2, -0.15) is 0 Å². The van der Waals surface area contributed by atoms with Gasteiger partial charge in [0.05, 0.1) is 27.8 Å². The molecule has 0 aromatic heterocycles. The van der Waals surface area contributed by atoms with Crippen LogP contribution in [-0.4, -0.2) is 53.2 Å². The van der Waals surface area contributed by atoms with Gasteiger partial charge in [0.2, 0.25) is 5.91 Å². The Kier molecular flexibility index (Phi) is 9.77. The Bertz CT molecular complexity index is 1070. The number of aliphatic hydroxyl groups is 1. The van der Waals surface area contributed by atoms with Crippen LogP contribution in [0.3, 0.4) is 0 Å². The Morgan fingerprint density at radius 3 is 2.43 bits per heavy atom. The highest BCUT2D eigenvalue weighted by Crippen LogP contribution is 2.29. The molecular formula is C24H26Cl3N3O5. The lowest BCUT2D eigenvalue weighted by atomic mass is 10.0. The Morgan fingerprint density at radius 2 is 1.83 bits per heavy atom. The summed E-state index contributed by atoms with van der Waals surface area (Å²) in [6.07, 6.45) is 1.58. The molecule has 0 bridgehead atoms. The van der Waals surface area contributed by atoms with Crippen LogP contribution in [0.25, 0.3) is 0 Å². The van der Waals surface area contributed by atoms with Gasteiger partial charge in [-0.05, 0) is 67.6 Å². The van der Waals surface area contributed by atoms with Gasteiger partial charge in [0.15, 0.2) is 0 Å². The highest BCUT2D eigenvalue weighted by Gasteiger charge is 2.27. The van der Waals surface area contributed by atoms with E-state index < -0.39 is 24.0 Å². The number of benzene rings is 2. The van der Waals surface area contributed by atoms with Crippen molar-refractivity contribution < 1.29 is 24.6 Å². The Hall–Kier alpha value is -2.36. The number of rotatable bonds is 10. The molecule has 0 aliphatic carbocycles. The monoisotopic (exact) mass is 541 g/mol. The van der Waals surface area contributed by atoms with Crippen LogP contribution >= 0.6 is 34.8 Å². The van der Waals surface area contributed by atoms with E-state index >= 15 is 0 Å². The lowest BCUT2D eigenvalue weighted by molar-refractivity contribution is -0.139. The van der Waals surface area contributed by atoms with Crippen molar-refractivity contribution in [2.75, 3.05) is 13.1 Å². The number of nitrogens with one attached hydrogen (secondary N) is 3. The summed E-state index contributed by atoms with van der Waals surface area (Å²) in [5.41, 5.74) is 1.31. The third-order valence-corrected chi connectivity index (χ3v) is 6.56. The summed E-state index contributed by atoms with van der Waals surface area (Å²) in [7, 11) is 0. The Labute approximate surface area is 217 Å². The third-order valence-electron chi connectivity index (χ3n) is 5.73. The van der Waals surface area contributed by atoms with E-state index in [4.69, 9.17) is 34.8 Å². The molecule has 5 N–H and O–H groups in total. The molecule has 3 rings (SSSR count). The zero-order chi connectivity index (χ0) is 25.5. The fraction of sp³-hybridized carbons (Fsp3) is 0.375. The third kappa shape index (κ3) is 7.56. The fourth-order valence-electron chi connectivity index (χ4n) is 3.84. The van der Waals surface area contributed by atoms with Crippen molar-refractivity contribution in [2.24, 2.45) is 0 Å². The van der Waals surface area contributed by atoms with Crippen LogP contribution < -0.4 is 16.0 Å². The van der Waals surface area contributed by atoms with Crippen molar-refractivity contribution in [2.45, 2.75) is 43.9 Å². The topological polar surface area (TPSA) is 128 Å². The first-order valence-corrected chi connectivity index (χ1v) is 12.2. The van der Waals surface area contributed by atoms with Gasteiger partial charge < -0.3 is 26.2 Å². The first kappa shape index (κ1) is 27.2. The van der Waals surface area contributed by atoms with E-state index in [1.54, 1.807) is 36.4 Å². The van der Waals surface area contributed by atoms with Gasteiger partial charge in [-0.25, -0.2) is 4.79 Å². The number of aliphatic hydroxyl groups excluding tert-OH is 1. The van der Waals surface area contributed by atoms with Crippen molar-refractivity contribution in [3.63, 3.8) is 0 Å². The van der Waals surface area contributed by atoms with E-state index in [1.165, 1.54) is 0 Å². The minimum atomic E-state index is -1.37. The van der Waals surface area contributed by atoms with Crippen LogP contribution in [0.15, 0.2) is 36.4 Å². The van der Waals surface area contributed by atoms with Crippen LogP contribution in [0.5, 0.6) is 0 Å². The van der Waals surface area contributed by atoms with Crippen LogP contribution in [0.2, 0.25) is 15.1 Å². The molecule has 1 aliphatic heterocycles. The van der Waals surface area contributed by atoms with Crippen LogP contribution in [0, 0.1) is 0 Å². The number of hydrogen-bond donors (Lipinski definition) is 5. The number of amides is 2. The molecule has 35 heavy (non-hydrogen) atoms. The maximum atomic E-state index is 12.8. The highest BCUT2D eigenvalue weighted by molar-refractivity contribution is 6.39. The summed E-state index contributed by atoms with van der Waals surface area (Å²) in [4.78, 5) is 36.6. The molecule has 1 heterocycles. The number of halogens is 3. The number of carbonyl (C=O) groups is 3. The lowest BCUT2D eigenvalue weighted by Gasteiger charge is -2.18. The maximum absolute atomic E-state index is 12.8. The average molecular weight is 543 g/mol. The van der Waals surface area contributed by atoms with Gasteiger partial charge in [0.1, 0.15) is 6.04 Å². The van der Waals surface area contributed by atoms with Gasteiger partial charge in [0.25, 0.3) is 5.91 Å². The van der Waals surface area contributed by atoms with E-state index in [1.807, 2.05) is 0 Å². The highest BCUT2D eigenvalue weighted by atomic mass is 35.5. The molecule has 2 amide bonds. The van der Waals surface area contributed by atoms with Crippen molar-refractivity contribution >= 4 is 52.6 Å². The molecule has 1 aliphatic rings. The first-order valence-electron chi connectivity index (χ1n) is 11.1. The Balaban J connectivity index is 1.62. The normalized spacial score (nSPS) is 17.0. The minimum absolute atomic E-state index is 0.0468. The van der Waals surface area contributed by atoms with Crippen molar-refractivity contribution in [3.05, 3.63) is 68.2 Å². The minimum Gasteiger partial charge on any atom is -0.480 e. The predicted octanol–water partition coefficient (Wildman–Crippen LogP) is 3.36. The SMILES string of the molecule is O=C(NC(CNC(=O)C1CCCN1)C(=O)O)c1c(Cl)cc(CCC(O)c2cccc(Cl)c2)cc1Cl. The molecule has 2 aromatic rings. The molecule has 0 saturated carbocycles. The van der Waals surface area contributed by atoms with E-state index in [-0.39, 0.29) is 34.1 Å². The van der Waals surface area contributed by atoms with Crippen LogP contribution in [0.4, 0.5) is 0 Å². The quantitative estimate of drug-likeness (QED) is 0.313. The molecule has 8 nitrogen and oxygen atoms in total. The van der Waals surface area contributed by atoms with E-state index in [0.29, 0.717) is 35.4 Å². The van der Waals surface area contributed by atoms with Gasteiger partial charge in [-0.3, -0.25) is 9.59 Å². The molecule has 11 heteroatoms. The summed E-state index contributed by atoms with van der Waals surface area (Å²) in [6, 6.07) is 8.30. The molecular weight excluding hydrogens is 517 g/mol. The molecule has 188 valence electrons. The fourth-order valence-corrected chi connectivity index (χ4v) is 4.74. The molecule has 1 fully saturated rings. The second kappa shape index (κ2) is 12.6. The van der Waals surface area contributed by atoms with Gasteiger partial charge in [-0.15, -0.1) is 0 Å². The molecule has 3 atom stereocenters. The number of carboxylic acids is 1. The molecule has 2 aromatic carbocycles. The maximum Gasteiger partial charge on any atom is 0.328 e. The summed E-state index contributed by atoms with van der Waals surface area (Å²) >= 11 is 18.6. The Morgan fingerprint density at radius 1 is 1.11 bits per heavy atom. The van der Waals surface area contributed by atoms with Crippen LogP contribution in [-0.2, 0) is 16.0 Å². The summed E-state index contributed by atoms with van der Waals surface area (Å²) in [5, 5.41) is 28.5. The van der Waals surface area contributed by atoms with E-state index in [9.17, 15) is 24.6 Å². The first-order chi connectivity index (χ1) is 16.7. The van der Waals surface area contributed by atoms with Crippen molar-refractivity contribution in [3.8, 4) is 0 Å². The van der Waals surface area contributed by atoms with Crippen molar-refractivity contribution in [1.82, 2.24) is 16.0 Å². The number of aryl methyl sites for hydroxylation is 1. The second-order valence-electron chi connectivity index (χ2n) is 8.30. The van der Waals surface area contributed by atoms with E-state index in [2.05, 4.69) is 16.0 Å². The summed E-state index contributed by atoms with van der Waals surface area (Å²) in [5.74, 6) is -2.40. The van der Waals surface area contributed by atoms with Crippen LogP contribution in [0.1, 0.15) is 46.9 Å². The average Bonchev–Trinajstić information content (AvgIpc) is 3.34. The number of aliphatic carboxylic acids is 1. The van der Waals surface area contributed by atoms with Crippen molar-refractivity contribution in [1.29, 1.82) is 0 Å². The predicted molar refractivity (Wildman–Crippen MR) is 134 cm³/mol. The summed E-state index contributed by atoms with van der Waals surface area (Å²) in [6.45, 7) is 0.441. The molecule has 0 radical (unpaired) electrons. The molecule has 3 unspecified atom stereocenters. The van der Waals surface area contributed by atoms with Gasteiger partial charge >= 0.3 is 5.97 Å². The zero-order valence-corrected chi connectivity index (χ0v) is 21.0. The summed E-state index contributed by atoms with van der Waals surface area (Å²) < 4.78 is 0. The molecule has 0 spiro atoms. The lowest BCUT2D eigenvalue weighted by Crippen LogP contribution is -2.51. The second-order valence-corrected chi connectivity index (χ2v) is 9.55. The largest absolute Gasteiger partial charge is 0.480 e. The van der Waals surface area contributed by atoms with E-state index in [0.717, 1.165) is 13.0 Å². The zero-order valence-electron chi connectivity index (χ0n) is 18.7. The van der Waals surface area contributed by atoms with Gasteiger partial charge in [-0.1, -0.05) is 46.9 Å². The smallest absolute Gasteiger partial charge is 0.328 e.